The minimum atomic E-state index is -0.705. The third kappa shape index (κ3) is 3.29. The van der Waals surface area contributed by atoms with E-state index < -0.39 is 5.92 Å². The molecule has 1 unspecified atom stereocenters. The molecule has 2 aromatic rings. The van der Waals surface area contributed by atoms with Crippen LogP contribution in [0.1, 0.15) is 49.1 Å². The Labute approximate surface area is 165 Å². The lowest BCUT2D eigenvalue weighted by Gasteiger charge is -2.42. The van der Waals surface area contributed by atoms with Crippen molar-refractivity contribution in [3.8, 4) is 11.1 Å². The number of carbonyl (C=O) groups excluding carboxylic acids is 2. The molecular formula is C23H24ClNO2. The largest absolute Gasteiger partial charge is 0.354 e. The number of carbonyl (C=O) groups is 2. The molecule has 2 aliphatic rings. The highest BCUT2D eigenvalue weighted by Crippen LogP contribution is 2.44. The summed E-state index contributed by atoms with van der Waals surface area (Å²) in [7, 11) is 0. The lowest BCUT2D eigenvalue weighted by molar-refractivity contribution is -0.142. The van der Waals surface area contributed by atoms with Crippen LogP contribution < -0.4 is 5.32 Å². The number of nitrogens with one attached hydrogen (secondary N) is 1. The van der Waals surface area contributed by atoms with Gasteiger partial charge in [-0.1, -0.05) is 55.1 Å². The summed E-state index contributed by atoms with van der Waals surface area (Å²) in [5, 5.41) is 3.73. The van der Waals surface area contributed by atoms with E-state index in [4.69, 9.17) is 11.6 Å². The van der Waals surface area contributed by atoms with Gasteiger partial charge in [0.15, 0.2) is 5.78 Å². The topological polar surface area (TPSA) is 46.2 Å². The van der Waals surface area contributed by atoms with Crippen LogP contribution in [-0.4, -0.2) is 18.2 Å². The van der Waals surface area contributed by atoms with Gasteiger partial charge in [0.05, 0.1) is 0 Å². The Morgan fingerprint density at radius 1 is 0.963 bits per heavy atom. The minimum absolute atomic E-state index is 0.113. The monoisotopic (exact) mass is 381 g/mol. The molecule has 1 saturated heterocycles. The number of amides is 1. The summed E-state index contributed by atoms with van der Waals surface area (Å²) in [4.78, 5) is 26.2. The molecule has 3 nitrogen and oxygen atoms in total. The summed E-state index contributed by atoms with van der Waals surface area (Å²) in [6.07, 6.45) is 5.09. The standard InChI is InChI=1S/C23H24ClNO2/c1-15-5-6-17(16-7-9-18(24)10-8-16)13-19(15)20-21(26)23(14-25-22(20)27)11-3-2-4-12-23/h5-10,13,20H,2-4,11-12,14H2,1H3,(H,25,27). The van der Waals surface area contributed by atoms with Crippen molar-refractivity contribution in [2.24, 2.45) is 5.41 Å². The van der Waals surface area contributed by atoms with Gasteiger partial charge in [0, 0.05) is 17.0 Å². The van der Waals surface area contributed by atoms with E-state index >= 15 is 0 Å². The number of rotatable bonds is 2. The number of piperidine rings is 1. The Morgan fingerprint density at radius 2 is 1.63 bits per heavy atom. The molecule has 140 valence electrons. The van der Waals surface area contributed by atoms with Gasteiger partial charge in [0.1, 0.15) is 5.92 Å². The maximum atomic E-state index is 13.5. The fourth-order valence-electron chi connectivity index (χ4n) is 4.58. The van der Waals surface area contributed by atoms with Crippen LogP contribution in [0.25, 0.3) is 11.1 Å². The average Bonchev–Trinajstić information content (AvgIpc) is 2.68. The fraction of sp³-hybridized carbons (Fsp3) is 0.391. The summed E-state index contributed by atoms with van der Waals surface area (Å²) in [5.41, 5.74) is 3.45. The molecule has 0 aromatic heterocycles. The Balaban J connectivity index is 1.74. The Bertz CT molecular complexity index is 882. The quantitative estimate of drug-likeness (QED) is 0.740. The molecule has 1 spiro atoms. The molecule has 27 heavy (non-hydrogen) atoms. The van der Waals surface area contributed by atoms with Crippen molar-refractivity contribution in [3.05, 3.63) is 58.6 Å². The van der Waals surface area contributed by atoms with E-state index in [1.807, 2.05) is 49.4 Å². The summed E-state index contributed by atoms with van der Waals surface area (Å²) in [5.74, 6) is -0.751. The highest BCUT2D eigenvalue weighted by Gasteiger charge is 2.49. The molecule has 4 rings (SSSR count). The number of ketones is 1. The van der Waals surface area contributed by atoms with Crippen molar-refractivity contribution in [3.63, 3.8) is 0 Å². The highest BCUT2D eigenvalue weighted by atomic mass is 35.5. The minimum Gasteiger partial charge on any atom is -0.354 e. The maximum absolute atomic E-state index is 13.5. The molecule has 1 atom stereocenters. The number of Topliss-reactive ketones (excluding diaryl/α,β-unsaturated/α-hetero) is 1. The van der Waals surface area contributed by atoms with Crippen LogP contribution >= 0.6 is 11.6 Å². The molecule has 1 heterocycles. The Kier molecular flexibility index (Phi) is 4.81. The second-order valence-corrected chi connectivity index (χ2v) is 8.37. The number of hydrogen-bond donors (Lipinski definition) is 1. The molecule has 1 saturated carbocycles. The van der Waals surface area contributed by atoms with Gasteiger partial charge in [-0.25, -0.2) is 0 Å². The van der Waals surface area contributed by atoms with Gasteiger partial charge in [-0.2, -0.15) is 0 Å². The number of halogens is 1. The highest BCUT2D eigenvalue weighted by molar-refractivity contribution is 6.30. The van der Waals surface area contributed by atoms with E-state index in [1.165, 1.54) is 6.42 Å². The SMILES string of the molecule is Cc1ccc(-c2ccc(Cl)cc2)cc1C1C(=O)NCC2(CCCCC2)C1=O. The van der Waals surface area contributed by atoms with Gasteiger partial charge in [-0.05, 0) is 60.2 Å². The molecule has 4 heteroatoms. The van der Waals surface area contributed by atoms with Crippen molar-refractivity contribution >= 4 is 23.3 Å². The van der Waals surface area contributed by atoms with Crippen molar-refractivity contribution in [1.82, 2.24) is 5.32 Å². The molecule has 1 N–H and O–H groups in total. The van der Waals surface area contributed by atoms with Gasteiger partial charge in [0.25, 0.3) is 0 Å². The summed E-state index contributed by atoms with van der Waals surface area (Å²) >= 11 is 6.00. The number of benzene rings is 2. The zero-order valence-electron chi connectivity index (χ0n) is 15.6. The molecule has 2 aromatic carbocycles. The van der Waals surface area contributed by atoms with E-state index in [9.17, 15) is 9.59 Å². The van der Waals surface area contributed by atoms with Crippen LogP contribution in [-0.2, 0) is 9.59 Å². The van der Waals surface area contributed by atoms with Crippen LogP contribution in [0.4, 0.5) is 0 Å². The lowest BCUT2D eigenvalue weighted by Crippen LogP contribution is -2.55. The maximum Gasteiger partial charge on any atom is 0.235 e. The molecular weight excluding hydrogens is 358 g/mol. The van der Waals surface area contributed by atoms with E-state index in [-0.39, 0.29) is 17.1 Å². The van der Waals surface area contributed by atoms with Gasteiger partial charge >= 0.3 is 0 Å². The van der Waals surface area contributed by atoms with Crippen molar-refractivity contribution in [2.75, 3.05) is 6.54 Å². The average molecular weight is 382 g/mol. The summed E-state index contributed by atoms with van der Waals surface area (Å²) in [6.45, 7) is 2.47. The predicted octanol–water partition coefficient (Wildman–Crippen LogP) is 5.05. The third-order valence-electron chi connectivity index (χ3n) is 6.23. The second kappa shape index (κ2) is 7.12. The first kappa shape index (κ1) is 18.2. The molecule has 0 radical (unpaired) electrons. The normalized spacial score (nSPS) is 21.9. The van der Waals surface area contributed by atoms with E-state index in [1.54, 1.807) is 0 Å². The first-order valence-electron chi connectivity index (χ1n) is 9.69. The van der Waals surface area contributed by atoms with Crippen LogP contribution in [0.5, 0.6) is 0 Å². The van der Waals surface area contributed by atoms with E-state index in [2.05, 4.69) is 5.32 Å². The zero-order valence-corrected chi connectivity index (χ0v) is 16.3. The van der Waals surface area contributed by atoms with Crippen molar-refractivity contribution in [2.45, 2.75) is 44.9 Å². The van der Waals surface area contributed by atoms with Crippen molar-refractivity contribution < 1.29 is 9.59 Å². The first-order chi connectivity index (χ1) is 13.0. The van der Waals surface area contributed by atoms with Gasteiger partial charge in [-0.3, -0.25) is 9.59 Å². The number of hydrogen-bond acceptors (Lipinski definition) is 2. The molecule has 1 aliphatic heterocycles. The van der Waals surface area contributed by atoms with Gasteiger partial charge in [-0.15, -0.1) is 0 Å². The zero-order chi connectivity index (χ0) is 19.0. The van der Waals surface area contributed by atoms with Crippen LogP contribution in [0.15, 0.2) is 42.5 Å². The Morgan fingerprint density at radius 3 is 2.33 bits per heavy atom. The molecule has 2 fully saturated rings. The van der Waals surface area contributed by atoms with Gasteiger partial charge in [0.2, 0.25) is 5.91 Å². The summed E-state index contributed by atoms with van der Waals surface area (Å²) < 4.78 is 0. The van der Waals surface area contributed by atoms with Crippen LogP contribution in [0.3, 0.4) is 0 Å². The number of aryl methyl sites for hydroxylation is 1. The molecule has 1 amide bonds. The van der Waals surface area contributed by atoms with E-state index in [0.717, 1.165) is 47.9 Å². The second-order valence-electron chi connectivity index (χ2n) is 7.93. The molecule has 0 bridgehead atoms. The Hall–Kier alpha value is -2.13. The lowest BCUT2D eigenvalue weighted by atomic mass is 9.64. The van der Waals surface area contributed by atoms with Gasteiger partial charge < -0.3 is 5.32 Å². The smallest absolute Gasteiger partial charge is 0.235 e. The van der Waals surface area contributed by atoms with E-state index in [0.29, 0.717) is 11.6 Å². The summed E-state index contributed by atoms with van der Waals surface area (Å²) in [6, 6.07) is 13.7. The van der Waals surface area contributed by atoms with Crippen molar-refractivity contribution in [1.29, 1.82) is 0 Å². The molecule has 1 aliphatic carbocycles. The third-order valence-corrected chi connectivity index (χ3v) is 6.48. The van der Waals surface area contributed by atoms with Crippen LogP contribution in [0, 0.1) is 12.3 Å². The predicted molar refractivity (Wildman–Crippen MR) is 108 cm³/mol. The fourth-order valence-corrected chi connectivity index (χ4v) is 4.70. The van der Waals surface area contributed by atoms with Crippen LogP contribution in [0.2, 0.25) is 5.02 Å². The first-order valence-corrected chi connectivity index (χ1v) is 10.1.